The van der Waals surface area contributed by atoms with E-state index in [0.29, 0.717) is 0 Å². The van der Waals surface area contributed by atoms with E-state index in [2.05, 4.69) is 217 Å². The van der Waals surface area contributed by atoms with E-state index in [9.17, 15) is 0 Å². The molecule has 0 fully saturated rings. The minimum Gasteiger partial charge on any atom is -0.455 e. The van der Waals surface area contributed by atoms with Crippen molar-refractivity contribution < 1.29 is 9.15 Å². The Morgan fingerprint density at radius 1 is 0.350 bits per heavy atom. The Labute approximate surface area is 349 Å². The van der Waals surface area contributed by atoms with Gasteiger partial charge in [0.15, 0.2) is 11.5 Å². The lowest BCUT2D eigenvalue weighted by atomic mass is 9.69. The summed E-state index contributed by atoms with van der Waals surface area (Å²) in [6.07, 6.45) is 0. The van der Waals surface area contributed by atoms with E-state index in [1.807, 2.05) is 12.1 Å². The number of rotatable bonds is 6. The summed E-state index contributed by atoms with van der Waals surface area (Å²) in [5.74, 6) is 2.44. The van der Waals surface area contributed by atoms with Gasteiger partial charge in [0, 0.05) is 22.6 Å². The molecule has 0 N–H and O–H groups in total. The minimum atomic E-state index is -0.719. The Morgan fingerprint density at radius 2 is 0.917 bits per heavy atom. The van der Waals surface area contributed by atoms with Crippen molar-refractivity contribution in [3.05, 3.63) is 247 Å². The second kappa shape index (κ2) is 13.6. The third-order valence-corrected chi connectivity index (χ3v) is 12.3. The summed E-state index contributed by atoms with van der Waals surface area (Å²) in [7, 11) is 0. The topological polar surface area (TPSA) is 25.6 Å². The number of anilines is 3. The summed E-state index contributed by atoms with van der Waals surface area (Å²) in [5.41, 5.74) is 16.1. The second-order valence-electron chi connectivity index (χ2n) is 15.6. The molecule has 0 amide bonds. The van der Waals surface area contributed by atoms with Crippen LogP contribution in [0, 0.1) is 0 Å². The maximum atomic E-state index is 6.94. The Bertz CT molecular complexity index is 3240. The van der Waals surface area contributed by atoms with E-state index in [-0.39, 0.29) is 0 Å². The van der Waals surface area contributed by atoms with Crippen LogP contribution in [0.25, 0.3) is 55.5 Å². The van der Waals surface area contributed by atoms with Crippen LogP contribution in [0.2, 0.25) is 0 Å². The summed E-state index contributed by atoms with van der Waals surface area (Å²) in [5, 5.41) is 0.974. The van der Waals surface area contributed by atoms with Crippen molar-refractivity contribution in [3.8, 4) is 56.0 Å². The molecule has 0 radical (unpaired) electrons. The number of hydrogen-bond donors (Lipinski definition) is 0. The van der Waals surface area contributed by atoms with E-state index in [4.69, 9.17) is 9.15 Å². The summed E-state index contributed by atoms with van der Waals surface area (Å²) >= 11 is 0. The highest BCUT2D eigenvalue weighted by atomic mass is 16.5. The summed E-state index contributed by atoms with van der Waals surface area (Å²) < 4.78 is 13.7. The van der Waals surface area contributed by atoms with Gasteiger partial charge in [0.05, 0.1) is 5.39 Å². The fourth-order valence-corrected chi connectivity index (χ4v) is 9.71. The SMILES string of the molecule is c1ccc(-c2cccc(N(c3ccc(-c4ccccc4)c(-c4ccccc4)c3)c3ccc4c(c3)-c3ccccc3C43c4ccccc4Oc4c3oc3ccccc43)c2)cc1. The van der Waals surface area contributed by atoms with Gasteiger partial charge in [-0.2, -0.15) is 0 Å². The zero-order valence-electron chi connectivity index (χ0n) is 32.6. The van der Waals surface area contributed by atoms with Gasteiger partial charge in [-0.15, -0.1) is 0 Å². The smallest absolute Gasteiger partial charge is 0.178 e. The van der Waals surface area contributed by atoms with Crippen molar-refractivity contribution in [1.29, 1.82) is 0 Å². The van der Waals surface area contributed by atoms with Crippen LogP contribution in [-0.2, 0) is 5.41 Å². The highest BCUT2D eigenvalue weighted by Gasteiger charge is 2.54. The molecule has 1 unspecified atom stereocenters. The van der Waals surface area contributed by atoms with Gasteiger partial charge in [0.1, 0.15) is 16.7 Å². The van der Waals surface area contributed by atoms with Crippen LogP contribution in [0.5, 0.6) is 11.5 Å². The Morgan fingerprint density at radius 3 is 1.70 bits per heavy atom. The van der Waals surface area contributed by atoms with Crippen molar-refractivity contribution in [2.24, 2.45) is 0 Å². The van der Waals surface area contributed by atoms with Crippen LogP contribution in [-0.4, -0.2) is 0 Å². The lowest BCUT2D eigenvalue weighted by molar-refractivity contribution is 0.389. The van der Waals surface area contributed by atoms with Crippen LogP contribution in [0.15, 0.2) is 229 Å². The summed E-state index contributed by atoms with van der Waals surface area (Å²) in [4.78, 5) is 2.41. The van der Waals surface area contributed by atoms with Gasteiger partial charge >= 0.3 is 0 Å². The van der Waals surface area contributed by atoms with Gasteiger partial charge in [0.2, 0.25) is 0 Å². The zero-order chi connectivity index (χ0) is 39.6. The molecule has 1 aliphatic heterocycles. The average molecular weight is 768 g/mol. The second-order valence-corrected chi connectivity index (χ2v) is 15.6. The number of benzene rings is 9. The first-order valence-electron chi connectivity index (χ1n) is 20.5. The van der Waals surface area contributed by atoms with Crippen LogP contribution in [0.1, 0.15) is 22.5 Å². The maximum absolute atomic E-state index is 6.94. The number of para-hydroxylation sites is 2. The Kier molecular flexibility index (Phi) is 7.76. The van der Waals surface area contributed by atoms with Gasteiger partial charge in [0.25, 0.3) is 0 Å². The summed E-state index contributed by atoms with van der Waals surface area (Å²) in [6, 6.07) is 80.3. The number of furan rings is 1. The molecule has 9 aromatic carbocycles. The predicted molar refractivity (Wildman–Crippen MR) is 245 cm³/mol. The molecule has 1 aromatic heterocycles. The van der Waals surface area contributed by atoms with Crippen LogP contribution < -0.4 is 9.64 Å². The van der Waals surface area contributed by atoms with E-state index >= 15 is 0 Å². The molecule has 60 heavy (non-hydrogen) atoms. The maximum Gasteiger partial charge on any atom is 0.178 e. The molecule has 3 nitrogen and oxygen atoms in total. The molecule has 0 bridgehead atoms. The highest BCUT2D eigenvalue weighted by molar-refractivity contribution is 5.96. The number of hydrogen-bond acceptors (Lipinski definition) is 3. The summed E-state index contributed by atoms with van der Waals surface area (Å²) in [6.45, 7) is 0. The van der Waals surface area contributed by atoms with Crippen molar-refractivity contribution in [2.75, 3.05) is 4.90 Å². The van der Waals surface area contributed by atoms with Crippen molar-refractivity contribution in [2.45, 2.75) is 5.41 Å². The Hall–Kier alpha value is -7.88. The van der Waals surface area contributed by atoms with Gasteiger partial charge in [-0.3, -0.25) is 0 Å². The molecule has 12 rings (SSSR count). The van der Waals surface area contributed by atoms with Gasteiger partial charge in [-0.25, -0.2) is 0 Å². The highest BCUT2D eigenvalue weighted by Crippen LogP contribution is 2.64. The average Bonchev–Trinajstić information content (AvgIpc) is 3.84. The molecule has 282 valence electrons. The van der Waals surface area contributed by atoms with Crippen molar-refractivity contribution in [3.63, 3.8) is 0 Å². The van der Waals surface area contributed by atoms with Gasteiger partial charge < -0.3 is 14.1 Å². The molecule has 2 heterocycles. The first-order chi connectivity index (χ1) is 29.8. The van der Waals surface area contributed by atoms with E-state index in [1.165, 1.54) is 50.1 Å². The molecule has 0 saturated carbocycles. The lowest BCUT2D eigenvalue weighted by Crippen LogP contribution is -2.31. The quantitative estimate of drug-likeness (QED) is 0.168. The molecule has 10 aromatic rings. The minimum absolute atomic E-state index is 0.719. The molecular weight excluding hydrogens is 731 g/mol. The molecule has 0 saturated heterocycles. The first-order valence-corrected chi connectivity index (χ1v) is 20.5. The van der Waals surface area contributed by atoms with E-state index in [0.717, 1.165) is 56.4 Å². The monoisotopic (exact) mass is 767 g/mol. The number of nitrogens with zero attached hydrogens (tertiary/aromatic N) is 1. The lowest BCUT2D eigenvalue weighted by Gasteiger charge is -2.36. The molecule has 1 atom stereocenters. The molecular formula is C57H37NO2. The van der Waals surface area contributed by atoms with Crippen molar-refractivity contribution >= 4 is 28.0 Å². The fourth-order valence-electron chi connectivity index (χ4n) is 9.71. The van der Waals surface area contributed by atoms with Crippen LogP contribution in [0.4, 0.5) is 17.1 Å². The van der Waals surface area contributed by atoms with Crippen LogP contribution in [0.3, 0.4) is 0 Å². The van der Waals surface area contributed by atoms with Gasteiger partial charge in [-0.1, -0.05) is 170 Å². The molecule has 3 heteroatoms. The fraction of sp³-hybridized carbons (Fsp3) is 0.0175. The standard InChI is InChI=1S/C57H37NO2/c1-4-17-38(18-5-1)41-23-16-24-42(35-41)58(43-31-33-45(39-19-6-2-7-20-39)48(36-43)40-21-8-3-9-22-40)44-32-34-51-49(37-44)46-25-10-12-27-50(46)57(51)52-28-13-15-30-54(52)59-55-47-26-11-14-29-53(47)60-56(55)57/h1-37H. The molecule has 2 aliphatic rings. The van der Waals surface area contributed by atoms with E-state index in [1.54, 1.807) is 0 Å². The van der Waals surface area contributed by atoms with Crippen LogP contribution >= 0.6 is 0 Å². The zero-order valence-corrected chi connectivity index (χ0v) is 32.6. The Balaban J connectivity index is 1.11. The molecule has 1 spiro atoms. The largest absolute Gasteiger partial charge is 0.455 e. The molecule has 1 aliphatic carbocycles. The third-order valence-electron chi connectivity index (χ3n) is 12.3. The number of ether oxygens (including phenoxy) is 1. The first kappa shape index (κ1) is 34.2. The van der Waals surface area contributed by atoms with Crippen molar-refractivity contribution in [1.82, 2.24) is 0 Å². The number of fused-ring (bicyclic) bond motifs is 11. The normalized spacial score (nSPS) is 14.5. The van der Waals surface area contributed by atoms with E-state index < -0.39 is 5.41 Å². The predicted octanol–water partition coefficient (Wildman–Crippen LogP) is 15.4. The third kappa shape index (κ3) is 5.16. The van der Waals surface area contributed by atoms with Gasteiger partial charge in [-0.05, 0) is 110 Å².